The smallest absolute Gasteiger partial charge is 0.398 e. The standard InChI is InChI=1S/C23H46O6S/c1-4-6-8-10-12-13-15-17-19-22(18-16-14-11-9-7-5-2)20-28-23(24)21(3)29-30(25,26)27/h21-22H,4-20H2,1-3H3,(H,25,26,27). The van der Waals surface area contributed by atoms with Gasteiger partial charge in [-0.1, -0.05) is 104 Å². The molecule has 2 unspecified atom stereocenters. The first-order valence-electron chi connectivity index (χ1n) is 12.1. The van der Waals surface area contributed by atoms with Crippen molar-refractivity contribution in [3.05, 3.63) is 0 Å². The van der Waals surface area contributed by atoms with Gasteiger partial charge in [-0.3, -0.25) is 4.55 Å². The van der Waals surface area contributed by atoms with E-state index >= 15 is 0 Å². The van der Waals surface area contributed by atoms with Gasteiger partial charge in [-0.05, 0) is 25.7 Å². The quantitative estimate of drug-likeness (QED) is 0.120. The topological polar surface area (TPSA) is 89.9 Å². The van der Waals surface area contributed by atoms with Gasteiger partial charge in [0.2, 0.25) is 0 Å². The van der Waals surface area contributed by atoms with Gasteiger partial charge < -0.3 is 4.74 Å². The molecule has 0 aromatic heterocycles. The van der Waals surface area contributed by atoms with E-state index in [1.807, 2.05) is 0 Å². The molecule has 0 aromatic carbocycles. The molecule has 6 nitrogen and oxygen atoms in total. The molecule has 0 aliphatic heterocycles. The maximum Gasteiger partial charge on any atom is 0.398 e. The molecule has 180 valence electrons. The van der Waals surface area contributed by atoms with Crippen molar-refractivity contribution in [1.82, 2.24) is 0 Å². The third-order valence-electron chi connectivity index (χ3n) is 5.49. The van der Waals surface area contributed by atoms with Gasteiger partial charge in [0.05, 0.1) is 6.61 Å². The average Bonchev–Trinajstić information content (AvgIpc) is 2.68. The maximum atomic E-state index is 12.0. The molecule has 0 fully saturated rings. The van der Waals surface area contributed by atoms with Crippen molar-refractivity contribution in [2.75, 3.05) is 6.61 Å². The van der Waals surface area contributed by atoms with Crippen molar-refractivity contribution in [1.29, 1.82) is 0 Å². The SMILES string of the molecule is CCCCCCCCCCC(CCCCCCCC)COC(=O)C(C)OS(=O)(=O)O. The Labute approximate surface area is 185 Å². The van der Waals surface area contributed by atoms with Crippen LogP contribution in [0.25, 0.3) is 0 Å². The lowest BCUT2D eigenvalue weighted by molar-refractivity contribution is -0.152. The third kappa shape index (κ3) is 19.3. The number of unbranched alkanes of at least 4 members (excludes halogenated alkanes) is 12. The normalized spacial score (nSPS) is 13.9. The van der Waals surface area contributed by atoms with E-state index in [2.05, 4.69) is 18.0 Å². The number of ether oxygens (including phenoxy) is 1. The largest absolute Gasteiger partial charge is 0.463 e. The van der Waals surface area contributed by atoms with Gasteiger partial charge in [-0.25, -0.2) is 8.98 Å². The Morgan fingerprint density at radius 2 is 1.17 bits per heavy atom. The summed E-state index contributed by atoms with van der Waals surface area (Å²) in [5.41, 5.74) is 0. The summed E-state index contributed by atoms with van der Waals surface area (Å²) in [7, 11) is -4.66. The van der Waals surface area contributed by atoms with Gasteiger partial charge in [0.25, 0.3) is 0 Å². The summed E-state index contributed by atoms with van der Waals surface area (Å²) < 4.78 is 39.8. The summed E-state index contributed by atoms with van der Waals surface area (Å²) in [5, 5.41) is 0. The summed E-state index contributed by atoms with van der Waals surface area (Å²) in [6, 6.07) is 0. The van der Waals surface area contributed by atoms with Crippen LogP contribution in [0.5, 0.6) is 0 Å². The summed E-state index contributed by atoms with van der Waals surface area (Å²) in [6.45, 7) is 5.98. The molecule has 0 saturated heterocycles. The molecular weight excluding hydrogens is 404 g/mol. The average molecular weight is 451 g/mol. The van der Waals surface area contributed by atoms with Crippen molar-refractivity contribution in [2.24, 2.45) is 5.92 Å². The minimum absolute atomic E-state index is 0.281. The van der Waals surface area contributed by atoms with E-state index in [4.69, 9.17) is 9.29 Å². The first kappa shape index (κ1) is 29.3. The number of rotatable bonds is 21. The lowest BCUT2D eigenvalue weighted by Crippen LogP contribution is -2.27. The first-order chi connectivity index (χ1) is 14.3. The molecule has 0 aromatic rings. The molecule has 0 radical (unpaired) electrons. The Kier molecular flexibility index (Phi) is 18.6. The number of hydrogen-bond acceptors (Lipinski definition) is 5. The van der Waals surface area contributed by atoms with Crippen LogP contribution in [0.4, 0.5) is 0 Å². The monoisotopic (exact) mass is 450 g/mol. The molecule has 0 amide bonds. The number of carbonyl (C=O) groups is 1. The highest BCUT2D eigenvalue weighted by atomic mass is 32.3. The second-order valence-corrected chi connectivity index (χ2v) is 9.53. The molecule has 1 N–H and O–H groups in total. The summed E-state index contributed by atoms with van der Waals surface area (Å²) in [4.78, 5) is 12.0. The Balaban J connectivity index is 4.24. The Bertz CT molecular complexity index is 506. The molecule has 0 aliphatic carbocycles. The second kappa shape index (κ2) is 19.1. The highest BCUT2D eigenvalue weighted by molar-refractivity contribution is 7.80. The third-order valence-corrected chi connectivity index (χ3v) is 6.02. The molecule has 2 atom stereocenters. The van der Waals surface area contributed by atoms with Crippen LogP contribution in [0.15, 0.2) is 0 Å². The van der Waals surface area contributed by atoms with Crippen LogP contribution < -0.4 is 0 Å². The van der Waals surface area contributed by atoms with Crippen molar-refractivity contribution < 1.29 is 26.7 Å². The van der Waals surface area contributed by atoms with E-state index in [1.54, 1.807) is 0 Å². The maximum absolute atomic E-state index is 12.0. The molecule has 7 heteroatoms. The Morgan fingerprint density at radius 3 is 1.57 bits per heavy atom. The van der Waals surface area contributed by atoms with Gasteiger partial charge in [0.1, 0.15) is 0 Å². The van der Waals surface area contributed by atoms with Crippen LogP contribution in [-0.4, -0.2) is 31.7 Å². The molecular formula is C23H46O6S. The molecule has 0 spiro atoms. The first-order valence-corrected chi connectivity index (χ1v) is 13.5. The predicted molar refractivity (Wildman–Crippen MR) is 122 cm³/mol. The molecule has 0 bridgehead atoms. The van der Waals surface area contributed by atoms with Crippen molar-refractivity contribution in [3.63, 3.8) is 0 Å². The fourth-order valence-electron chi connectivity index (χ4n) is 3.63. The molecule has 0 rings (SSSR count). The highest BCUT2D eigenvalue weighted by Gasteiger charge is 2.22. The van der Waals surface area contributed by atoms with E-state index < -0.39 is 22.5 Å². The van der Waals surface area contributed by atoms with E-state index in [0.717, 1.165) is 25.7 Å². The van der Waals surface area contributed by atoms with Crippen LogP contribution in [0.2, 0.25) is 0 Å². The number of carbonyl (C=O) groups excluding carboxylic acids is 1. The fourth-order valence-corrected chi connectivity index (χ4v) is 4.07. The lowest BCUT2D eigenvalue weighted by atomic mass is 9.94. The van der Waals surface area contributed by atoms with Crippen molar-refractivity contribution >= 4 is 16.4 Å². The van der Waals surface area contributed by atoms with E-state index in [-0.39, 0.29) is 12.5 Å². The molecule has 0 aliphatic rings. The zero-order valence-electron chi connectivity index (χ0n) is 19.6. The molecule has 0 saturated carbocycles. The summed E-state index contributed by atoms with van der Waals surface area (Å²) in [5.74, 6) is -0.463. The van der Waals surface area contributed by atoms with Crippen LogP contribution >= 0.6 is 0 Å². The van der Waals surface area contributed by atoms with E-state index in [0.29, 0.717) is 0 Å². The van der Waals surface area contributed by atoms with E-state index in [1.165, 1.54) is 84.0 Å². The number of esters is 1. The second-order valence-electron chi connectivity index (χ2n) is 8.48. The predicted octanol–water partition coefficient (Wildman–Crippen LogP) is 6.64. The molecule has 30 heavy (non-hydrogen) atoms. The van der Waals surface area contributed by atoms with Gasteiger partial charge in [-0.15, -0.1) is 0 Å². The number of hydrogen-bond donors (Lipinski definition) is 1. The van der Waals surface area contributed by atoms with Gasteiger partial charge in [-0.2, -0.15) is 8.42 Å². The summed E-state index contributed by atoms with van der Waals surface area (Å²) in [6.07, 6.45) is 18.2. The van der Waals surface area contributed by atoms with Gasteiger partial charge in [0.15, 0.2) is 6.10 Å². The minimum Gasteiger partial charge on any atom is -0.463 e. The van der Waals surface area contributed by atoms with Gasteiger partial charge in [0, 0.05) is 0 Å². The Morgan fingerprint density at radius 1 is 0.767 bits per heavy atom. The highest BCUT2D eigenvalue weighted by Crippen LogP contribution is 2.20. The Hall–Kier alpha value is -0.660. The van der Waals surface area contributed by atoms with Gasteiger partial charge >= 0.3 is 16.4 Å². The van der Waals surface area contributed by atoms with Crippen molar-refractivity contribution in [3.8, 4) is 0 Å². The zero-order chi connectivity index (χ0) is 22.7. The van der Waals surface area contributed by atoms with Crippen molar-refractivity contribution in [2.45, 2.75) is 130 Å². The lowest BCUT2D eigenvalue weighted by Gasteiger charge is -2.18. The van der Waals surface area contributed by atoms with Crippen LogP contribution in [0.3, 0.4) is 0 Å². The van der Waals surface area contributed by atoms with E-state index in [9.17, 15) is 13.2 Å². The zero-order valence-corrected chi connectivity index (χ0v) is 20.4. The molecule has 0 heterocycles. The van der Waals surface area contributed by atoms with Crippen LogP contribution in [0, 0.1) is 5.92 Å². The summed E-state index contributed by atoms with van der Waals surface area (Å²) >= 11 is 0. The van der Waals surface area contributed by atoms with Crippen LogP contribution in [-0.2, 0) is 24.1 Å². The minimum atomic E-state index is -4.66. The fraction of sp³-hybridized carbons (Fsp3) is 0.957. The van der Waals surface area contributed by atoms with Crippen LogP contribution in [0.1, 0.15) is 124 Å².